The lowest BCUT2D eigenvalue weighted by Gasteiger charge is -2.20. The van der Waals surface area contributed by atoms with Gasteiger partial charge in [-0.2, -0.15) is 0 Å². The molecule has 26 heavy (non-hydrogen) atoms. The standard InChI is InChI=1S/C19H19Cl2NO4/c1-12-9-13(4-5-14(12)20)24-6-2-3-19(23)22-16-11-18-17(10-15(16)21)25-7-8-26-18/h4-5,9-11H,2-3,6-8H2,1H3,(H,22,23). The highest BCUT2D eigenvalue weighted by molar-refractivity contribution is 6.34. The van der Waals surface area contributed by atoms with E-state index < -0.39 is 0 Å². The number of carbonyl (C=O) groups excluding carboxylic acids is 1. The van der Waals surface area contributed by atoms with Gasteiger partial charge in [-0.15, -0.1) is 0 Å². The Hall–Kier alpha value is -2.11. The zero-order valence-corrected chi connectivity index (χ0v) is 15.8. The van der Waals surface area contributed by atoms with Crippen LogP contribution in [0.25, 0.3) is 0 Å². The Kier molecular flexibility index (Phi) is 6.12. The van der Waals surface area contributed by atoms with Crippen LogP contribution in [0.2, 0.25) is 10.0 Å². The lowest BCUT2D eigenvalue weighted by atomic mass is 10.2. The van der Waals surface area contributed by atoms with Gasteiger partial charge in [0.05, 0.1) is 17.3 Å². The van der Waals surface area contributed by atoms with Crippen LogP contribution in [0.3, 0.4) is 0 Å². The molecule has 0 aliphatic carbocycles. The van der Waals surface area contributed by atoms with Gasteiger partial charge in [-0.25, -0.2) is 0 Å². The van der Waals surface area contributed by atoms with Gasteiger partial charge in [-0.3, -0.25) is 4.79 Å². The van der Waals surface area contributed by atoms with Crippen molar-refractivity contribution in [3.05, 3.63) is 45.9 Å². The number of rotatable bonds is 6. The van der Waals surface area contributed by atoms with Crippen LogP contribution in [-0.2, 0) is 4.79 Å². The average Bonchev–Trinajstić information content (AvgIpc) is 2.62. The number of ether oxygens (including phenoxy) is 3. The number of aryl methyl sites for hydroxylation is 1. The Bertz CT molecular complexity index is 810. The second kappa shape index (κ2) is 8.52. The minimum Gasteiger partial charge on any atom is -0.494 e. The first-order valence-electron chi connectivity index (χ1n) is 8.31. The van der Waals surface area contributed by atoms with Crippen molar-refractivity contribution in [2.24, 2.45) is 0 Å². The molecule has 1 aliphatic heterocycles. The van der Waals surface area contributed by atoms with Crippen LogP contribution in [0.1, 0.15) is 18.4 Å². The Morgan fingerprint density at radius 2 is 1.85 bits per heavy atom. The van der Waals surface area contributed by atoms with E-state index in [0.29, 0.717) is 59.9 Å². The molecule has 1 aliphatic rings. The number of carbonyl (C=O) groups is 1. The van der Waals surface area contributed by atoms with Crippen molar-refractivity contribution >= 4 is 34.8 Å². The smallest absolute Gasteiger partial charge is 0.224 e. The van der Waals surface area contributed by atoms with Crippen LogP contribution >= 0.6 is 23.2 Å². The normalized spacial score (nSPS) is 12.6. The van der Waals surface area contributed by atoms with E-state index >= 15 is 0 Å². The number of benzene rings is 2. The van der Waals surface area contributed by atoms with Gasteiger partial charge in [0, 0.05) is 23.6 Å². The monoisotopic (exact) mass is 395 g/mol. The van der Waals surface area contributed by atoms with Crippen molar-refractivity contribution in [1.29, 1.82) is 0 Å². The number of anilines is 1. The number of amides is 1. The summed E-state index contributed by atoms with van der Waals surface area (Å²) in [5.74, 6) is 1.77. The summed E-state index contributed by atoms with van der Waals surface area (Å²) in [6.07, 6.45) is 0.896. The van der Waals surface area contributed by atoms with E-state index in [1.165, 1.54) is 0 Å². The van der Waals surface area contributed by atoms with Crippen molar-refractivity contribution in [2.75, 3.05) is 25.1 Å². The molecule has 0 saturated carbocycles. The average molecular weight is 396 g/mol. The van der Waals surface area contributed by atoms with Gasteiger partial charge < -0.3 is 19.5 Å². The zero-order valence-electron chi connectivity index (χ0n) is 14.3. The van der Waals surface area contributed by atoms with E-state index in [2.05, 4.69) is 5.32 Å². The van der Waals surface area contributed by atoms with E-state index in [0.717, 1.165) is 11.3 Å². The summed E-state index contributed by atoms with van der Waals surface area (Å²) in [5, 5.41) is 3.91. The van der Waals surface area contributed by atoms with Crippen LogP contribution in [0.5, 0.6) is 17.2 Å². The van der Waals surface area contributed by atoms with Gasteiger partial charge in [-0.05, 0) is 37.1 Å². The van der Waals surface area contributed by atoms with E-state index in [1.807, 2.05) is 19.1 Å². The van der Waals surface area contributed by atoms with Crippen molar-refractivity contribution in [3.8, 4) is 17.2 Å². The largest absolute Gasteiger partial charge is 0.494 e. The van der Waals surface area contributed by atoms with Gasteiger partial charge in [-0.1, -0.05) is 23.2 Å². The molecule has 0 fully saturated rings. The third-order valence-corrected chi connectivity index (χ3v) is 4.59. The van der Waals surface area contributed by atoms with Crippen LogP contribution in [0.15, 0.2) is 30.3 Å². The molecule has 0 spiro atoms. The van der Waals surface area contributed by atoms with E-state index in [4.69, 9.17) is 37.4 Å². The Morgan fingerprint density at radius 1 is 1.12 bits per heavy atom. The van der Waals surface area contributed by atoms with Crippen molar-refractivity contribution in [2.45, 2.75) is 19.8 Å². The topological polar surface area (TPSA) is 56.8 Å². The van der Waals surface area contributed by atoms with Crippen molar-refractivity contribution in [1.82, 2.24) is 0 Å². The molecule has 3 rings (SSSR count). The first-order chi connectivity index (χ1) is 12.5. The molecule has 0 bridgehead atoms. The van der Waals surface area contributed by atoms with Crippen LogP contribution in [0.4, 0.5) is 5.69 Å². The highest BCUT2D eigenvalue weighted by Gasteiger charge is 2.16. The molecule has 0 radical (unpaired) electrons. The number of hydrogen-bond acceptors (Lipinski definition) is 4. The molecule has 0 atom stereocenters. The maximum absolute atomic E-state index is 12.1. The third kappa shape index (κ3) is 4.74. The molecule has 2 aromatic rings. The lowest BCUT2D eigenvalue weighted by molar-refractivity contribution is -0.116. The van der Waals surface area contributed by atoms with Crippen molar-refractivity contribution in [3.63, 3.8) is 0 Å². The molecular formula is C19H19Cl2NO4. The summed E-state index contributed by atoms with van der Waals surface area (Å²) in [6, 6.07) is 8.81. The van der Waals surface area contributed by atoms with Gasteiger partial charge in [0.15, 0.2) is 11.5 Å². The Morgan fingerprint density at radius 3 is 2.58 bits per heavy atom. The van der Waals surface area contributed by atoms with Gasteiger partial charge in [0.25, 0.3) is 0 Å². The fraction of sp³-hybridized carbons (Fsp3) is 0.316. The van der Waals surface area contributed by atoms with Gasteiger partial charge >= 0.3 is 0 Å². The zero-order chi connectivity index (χ0) is 18.5. The molecular weight excluding hydrogens is 377 g/mol. The Labute approximate surface area is 162 Å². The van der Waals surface area contributed by atoms with Gasteiger partial charge in [0.2, 0.25) is 5.91 Å². The molecule has 138 valence electrons. The first kappa shape index (κ1) is 18.7. The van der Waals surface area contributed by atoms with Crippen LogP contribution < -0.4 is 19.5 Å². The van der Waals surface area contributed by atoms with Crippen molar-refractivity contribution < 1.29 is 19.0 Å². The fourth-order valence-corrected chi connectivity index (χ4v) is 2.82. The molecule has 1 N–H and O–H groups in total. The molecule has 0 unspecified atom stereocenters. The van der Waals surface area contributed by atoms with E-state index in [-0.39, 0.29) is 5.91 Å². The number of fused-ring (bicyclic) bond motifs is 1. The summed E-state index contributed by atoms with van der Waals surface area (Å²) in [4.78, 5) is 12.1. The molecule has 2 aromatic carbocycles. The minimum atomic E-state index is -0.139. The molecule has 1 amide bonds. The molecule has 5 nitrogen and oxygen atoms in total. The summed E-state index contributed by atoms with van der Waals surface area (Å²) >= 11 is 12.2. The summed E-state index contributed by atoms with van der Waals surface area (Å²) in [7, 11) is 0. The van der Waals surface area contributed by atoms with Gasteiger partial charge in [0.1, 0.15) is 19.0 Å². The predicted molar refractivity (Wildman–Crippen MR) is 102 cm³/mol. The molecule has 7 heteroatoms. The summed E-state index contributed by atoms with van der Waals surface area (Å²) in [5.41, 5.74) is 1.46. The SMILES string of the molecule is Cc1cc(OCCCC(=O)Nc2cc3c(cc2Cl)OCCO3)ccc1Cl. The first-order valence-corrected chi connectivity index (χ1v) is 9.06. The van der Waals surface area contributed by atoms with E-state index in [1.54, 1.807) is 18.2 Å². The predicted octanol–water partition coefficient (Wildman–Crippen LogP) is 4.87. The third-order valence-electron chi connectivity index (χ3n) is 3.85. The highest BCUT2D eigenvalue weighted by atomic mass is 35.5. The maximum Gasteiger partial charge on any atom is 0.224 e. The minimum absolute atomic E-state index is 0.139. The quantitative estimate of drug-likeness (QED) is 0.708. The lowest BCUT2D eigenvalue weighted by Crippen LogP contribution is -2.17. The van der Waals surface area contributed by atoms with E-state index in [9.17, 15) is 4.79 Å². The number of halogens is 2. The second-order valence-corrected chi connectivity index (χ2v) is 6.70. The summed E-state index contributed by atoms with van der Waals surface area (Å²) < 4.78 is 16.6. The molecule has 0 aromatic heterocycles. The Balaban J connectivity index is 1.47. The fourth-order valence-electron chi connectivity index (χ4n) is 2.50. The van der Waals surface area contributed by atoms with Crippen LogP contribution in [0, 0.1) is 6.92 Å². The molecule has 1 heterocycles. The highest BCUT2D eigenvalue weighted by Crippen LogP contribution is 2.38. The number of nitrogens with one attached hydrogen (secondary N) is 1. The maximum atomic E-state index is 12.1. The summed E-state index contributed by atoms with van der Waals surface area (Å²) in [6.45, 7) is 3.31. The second-order valence-electron chi connectivity index (χ2n) is 5.89. The number of hydrogen-bond donors (Lipinski definition) is 1. The molecule has 0 saturated heterocycles. The van der Waals surface area contributed by atoms with Crippen LogP contribution in [-0.4, -0.2) is 25.7 Å².